The molecule has 5 nitrogen and oxygen atoms in total. The van der Waals surface area contributed by atoms with Crippen molar-refractivity contribution >= 4 is 23.8 Å². The zero-order valence-electron chi connectivity index (χ0n) is 18.4. The van der Waals surface area contributed by atoms with E-state index < -0.39 is 17.6 Å². The lowest BCUT2D eigenvalue weighted by Crippen LogP contribution is -2.22. The summed E-state index contributed by atoms with van der Waals surface area (Å²) >= 11 is 5.67. The number of benzene rings is 3. The zero-order chi connectivity index (χ0) is 24.5. The maximum atomic E-state index is 13.3. The van der Waals surface area contributed by atoms with Gasteiger partial charge in [-0.05, 0) is 55.4 Å². The third-order valence-corrected chi connectivity index (χ3v) is 5.67. The Labute approximate surface area is 199 Å². The number of para-hydroxylation sites is 1. The molecule has 1 aromatic heterocycles. The number of aromatic nitrogens is 3. The molecule has 3 aromatic carbocycles. The van der Waals surface area contributed by atoms with Gasteiger partial charge in [-0.3, -0.25) is 9.36 Å². The summed E-state index contributed by atoms with van der Waals surface area (Å²) in [4.78, 5) is 12.7. The monoisotopic (exact) mass is 482 g/mol. The summed E-state index contributed by atoms with van der Waals surface area (Å²) in [5.41, 5.74) is 2.35. The van der Waals surface area contributed by atoms with E-state index in [0.717, 1.165) is 28.4 Å². The van der Waals surface area contributed by atoms with Crippen molar-refractivity contribution in [2.24, 2.45) is 0 Å². The second kappa shape index (κ2) is 9.26. The Bertz CT molecular complexity index is 1410. The van der Waals surface area contributed by atoms with Crippen LogP contribution < -0.4 is 5.32 Å². The molecule has 0 saturated heterocycles. The average Bonchev–Trinajstić information content (AvgIpc) is 3.11. The molecular formula is C25H21F3N4OS. The molecule has 0 aliphatic carbocycles. The predicted octanol–water partition coefficient (Wildman–Crippen LogP) is 6.34. The van der Waals surface area contributed by atoms with Gasteiger partial charge >= 0.3 is 6.18 Å². The summed E-state index contributed by atoms with van der Waals surface area (Å²) in [6, 6.07) is 20.1. The van der Waals surface area contributed by atoms with E-state index in [1.165, 1.54) is 22.9 Å². The number of hydrogen-bond acceptors (Lipinski definition) is 3. The van der Waals surface area contributed by atoms with Gasteiger partial charge in [-0.1, -0.05) is 54.6 Å². The van der Waals surface area contributed by atoms with Gasteiger partial charge in [0, 0.05) is 5.56 Å². The largest absolute Gasteiger partial charge is 0.418 e. The van der Waals surface area contributed by atoms with Crippen molar-refractivity contribution in [3.8, 4) is 17.1 Å². The van der Waals surface area contributed by atoms with E-state index in [1.807, 2.05) is 62.4 Å². The molecule has 0 atom stereocenters. The first-order chi connectivity index (χ1) is 16.1. The molecule has 0 spiro atoms. The lowest BCUT2D eigenvalue weighted by Gasteiger charge is -2.13. The van der Waals surface area contributed by atoms with E-state index in [9.17, 15) is 18.0 Å². The number of nitrogens with zero attached hydrogens (tertiary/aromatic N) is 3. The highest BCUT2D eigenvalue weighted by atomic mass is 32.1. The zero-order valence-corrected chi connectivity index (χ0v) is 19.2. The highest BCUT2D eigenvalue weighted by Gasteiger charge is 2.33. The van der Waals surface area contributed by atoms with Crippen LogP contribution >= 0.6 is 12.2 Å². The Morgan fingerprint density at radius 1 is 1.00 bits per heavy atom. The van der Waals surface area contributed by atoms with Crippen LogP contribution in [0.2, 0.25) is 0 Å². The topological polar surface area (TPSA) is 51.9 Å². The summed E-state index contributed by atoms with van der Waals surface area (Å²) < 4.78 is 43.3. The molecule has 0 bridgehead atoms. The highest BCUT2D eigenvalue weighted by Crippen LogP contribution is 2.34. The number of nitrogens with one attached hydrogen (secondary N) is 1. The maximum absolute atomic E-state index is 13.3. The standard InChI is InChI=1S/C25H21F3N4OS/c1-16-12-13-17(2)21(14-16)32-23(18-8-4-3-5-9-18)30-31(24(32)34)15-22(33)29-20-11-7-6-10-19(20)25(26,27)28/h3-14H,15H2,1-2H3,(H,29,33). The molecule has 34 heavy (non-hydrogen) atoms. The number of carbonyl (C=O) groups excluding carboxylic acids is 1. The normalized spacial score (nSPS) is 11.4. The van der Waals surface area contributed by atoms with Gasteiger partial charge in [0.15, 0.2) is 5.82 Å². The minimum Gasteiger partial charge on any atom is -0.324 e. The summed E-state index contributed by atoms with van der Waals surface area (Å²) in [5, 5.41) is 6.92. The molecular weight excluding hydrogens is 461 g/mol. The number of aryl methyl sites for hydroxylation is 2. The van der Waals surface area contributed by atoms with Crippen molar-refractivity contribution < 1.29 is 18.0 Å². The fourth-order valence-electron chi connectivity index (χ4n) is 3.63. The molecule has 0 saturated carbocycles. The Morgan fingerprint density at radius 3 is 2.38 bits per heavy atom. The highest BCUT2D eigenvalue weighted by molar-refractivity contribution is 7.71. The SMILES string of the molecule is Cc1ccc(C)c(-n2c(-c3ccccc3)nn(CC(=O)Nc3ccccc3C(F)(F)F)c2=S)c1. The summed E-state index contributed by atoms with van der Waals surface area (Å²) in [6.07, 6.45) is -4.59. The Morgan fingerprint density at radius 2 is 1.68 bits per heavy atom. The van der Waals surface area contributed by atoms with Crippen molar-refractivity contribution in [1.82, 2.24) is 14.3 Å². The first-order valence-corrected chi connectivity index (χ1v) is 10.8. The molecule has 174 valence electrons. The maximum Gasteiger partial charge on any atom is 0.418 e. The summed E-state index contributed by atoms with van der Waals surface area (Å²) in [5.74, 6) is -0.138. The molecule has 4 rings (SSSR count). The van der Waals surface area contributed by atoms with E-state index in [4.69, 9.17) is 12.2 Å². The predicted molar refractivity (Wildman–Crippen MR) is 127 cm³/mol. The Hall–Kier alpha value is -3.72. The summed E-state index contributed by atoms with van der Waals surface area (Å²) in [6.45, 7) is 3.57. The molecule has 0 radical (unpaired) electrons. The number of rotatable bonds is 5. The van der Waals surface area contributed by atoms with Gasteiger partial charge in [0.05, 0.1) is 16.9 Å². The molecule has 0 unspecified atom stereocenters. The third kappa shape index (κ3) is 4.79. The van der Waals surface area contributed by atoms with E-state index in [0.29, 0.717) is 5.82 Å². The van der Waals surface area contributed by atoms with Crippen molar-refractivity contribution in [3.63, 3.8) is 0 Å². The summed E-state index contributed by atoms with van der Waals surface area (Å²) in [7, 11) is 0. The van der Waals surface area contributed by atoms with Gasteiger partial charge in [0.1, 0.15) is 6.54 Å². The van der Waals surface area contributed by atoms with Gasteiger partial charge in [-0.15, -0.1) is 0 Å². The van der Waals surface area contributed by atoms with Crippen molar-refractivity contribution in [2.45, 2.75) is 26.6 Å². The molecule has 1 N–H and O–H groups in total. The lowest BCUT2D eigenvalue weighted by molar-refractivity contribution is -0.137. The Kier molecular flexibility index (Phi) is 6.39. The number of carbonyl (C=O) groups is 1. The number of alkyl halides is 3. The van der Waals surface area contributed by atoms with E-state index in [-0.39, 0.29) is 17.0 Å². The second-order valence-corrected chi connectivity index (χ2v) is 8.21. The number of amides is 1. The molecule has 1 heterocycles. The quantitative estimate of drug-likeness (QED) is 0.338. The molecule has 1 amide bonds. The minimum atomic E-state index is -4.59. The lowest BCUT2D eigenvalue weighted by atomic mass is 10.1. The van der Waals surface area contributed by atoms with Crippen LogP contribution in [-0.2, 0) is 17.5 Å². The third-order valence-electron chi connectivity index (χ3n) is 5.28. The van der Waals surface area contributed by atoms with Crippen LogP contribution in [-0.4, -0.2) is 20.3 Å². The van der Waals surface area contributed by atoms with Crippen LogP contribution in [0.4, 0.5) is 18.9 Å². The molecule has 0 aliphatic heterocycles. The smallest absolute Gasteiger partial charge is 0.324 e. The fourth-order valence-corrected chi connectivity index (χ4v) is 3.92. The van der Waals surface area contributed by atoms with Crippen molar-refractivity contribution in [2.75, 3.05) is 5.32 Å². The van der Waals surface area contributed by atoms with Crippen LogP contribution in [0.25, 0.3) is 17.1 Å². The van der Waals surface area contributed by atoms with Crippen LogP contribution in [0.3, 0.4) is 0 Å². The van der Waals surface area contributed by atoms with Crippen LogP contribution in [0.5, 0.6) is 0 Å². The van der Waals surface area contributed by atoms with Crippen LogP contribution in [0.1, 0.15) is 16.7 Å². The number of hydrogen-bond donors (Lipinski definition) is 1. The van der Waals surface area contributed by atoms with E-state index in [1.54, 1.807) is 4.57 Å². The first-order valence-electron chi connectivity index (χ1n) is 10.4. The van der Waals surface area contributed by atoms with Crippen LogP contribution in [0, 0.1) is 18.6 Å². The average molecular weight is 483 g/mol. The van der Waals surface area contributed by atoms with Crippen molar-refractivity contribution in [1.29, 1.82) is 0 Å². The van der Waals surface area contributed by atoms with Gasteiger partial charge in [-0.2, -0.15) is 18.3 Å². The van der Waals surface area contributed by atoms with E-state index >= 15 is 0 Å². The number of anilines is 1. The van der Waals surface area contributed by atoms with Crippen LogP contribution in [0.15, 0.2) is 72.8 Å². The van der Waals surface area contributed by atoms with E-state index in [2.05, 4.69) is 10.4 Å². The molecule has 9 heteroatoms. The van der Waals surface area contributed by atoms with Crippen molar-refractivity contribution in [3.05, 3.63) is 94.3 Å². The van der Waals surface area contributed by atoms with Gasteiger partial charge < -0.3 is 5.32 Å². The minimum absolute atomic E-state index is 0.256. The Balaban J connectivity index is 1.75. The number of halogens is 3. The second-order valence-electron chi connectivity index (χ2n) is 7.85. The fraction of sp³-hybridized carbons (Fsp3) is 0.160. The van der Waals surface area contributed by atoms with Gasteiger partial charge in [0.25, 0.3) is 0 Å². The molecule has 4 aromatic rings. The van der Waals surface area contributed by atoms with Gasteiger partial charge in [-0.25, -0.2) is 4.68 Å². The molecule has 0 fully saturated rings. The molecule has 0 aliphatic rings. The first kappa shape index (κ1) is 23.4. The van der Waals surface area contributed by atoms with Gasteiger partial charge in [0.2, 0.25) is 10.7 Å².